The summed E-state index contributed by atoms with van der Waals surface area (Å²) >= 11 is 0. The van der Waals surface area contributed by atoms with Crippen molar-refractivity contribution in [2.24, 2.45) is 0 Å². The standard InChI is InChI=1S/C16H21N3O2/c1-3-15(20-8-1)10-18-6-2-4-16(12-18)9-14(11-21-16)19-7-5-17-13-19/h1,3,5,7-8,13-14H,2,4,6,9-12H2/t14-,16-/m1/s1. The van der Waals surface area contributed by atoms with Crippen LogP contribution in [0.4, 0.5) is 0 Å². The normalized spacial score (nSPS) is 30.2. The topological polar surface area (TPSA) is 43.4 Å². The van der Waals surface area contributed by atoms with Gasteiger partial charge in [0.05, 0.1) is 37.4 Å². The van der Waals surface area contributed by atoms with E-state index in [1.807, 2.05) is 30.9 Å². The largest absolute Gasteiger partial charge is 0.468 e. The summed E-state index contributed by atoms with van der Waals surface area (Å²) in [7, 11) is 0. The van der Waals surface area contributed by atoms with Gasteiger partial charge in [-0.3, -0.25) is 4.90 Å². The smallest absolute Gasteiger partial charge is 0.117 e. The maximum absolute atomic E-state index is 6.25. The molecule has 0 N–H and O–H groups in total. The van der Waals surface area contributed by atoms with E-state index in [1.54, 1.807) is 6.26 Å². The van der Waals surface area contributed by atoms with Crippen LogP contribution in [0.2, 0.25) is 0 Å². The second-order valence-electron chi connectivity index (χ2n) is 6.26. The number of rotatable bonds is 3. The zero-order valence-electron chi connectivity index (χ0n) is 12.1. The molecule has 1 spiro atoms. The molecule has 2 fully saturated rings. The Labute approximate surface area is 124 Å². The molecule has 0 unspecified atom stereocenters. The van der Waals surface area contributed by atoms with Crippen LogP contribution in [-0.2, 0) is 11.3 Å². The molecule has 5 heteroatoms. The Bertz CT molecular complexity index is 566. The molecule has 112 valence electrons. The summed E-state index contributed by atoms with van der Waals surface area (Å²) in [5, 5.41) is 0. The fraction of sp³-hybridized carbons (Fsp3) is 0.562. The minimum absolute atomic E-state index is 0.0137. The van der Waals surface area contributed by atoms with Crippen LogP contribution in [0.3, 0.4) is 0 Å². The van der Waals surface area contributed by atoms with Crippen molar-refractivity contribution in [2.45, 2.75) is 37.5 Å². The molecular weight excluding hydrogens is 266 g/mol. The van der Waals surface area contributed by atoms with E-state index in [1.165, 1.54) is 6.42 Å². The fourth-order valence-electron chi connectivity index (χ4n) is 3.73. The molecule has 2 aliphatic heterocycles. The van der Waals surface area contributed by atoms with E-state index in [4.69, 9.17) is 9.15 Å². The van der Waals surface area contributed by atoms with Crippen LogP contribution in [0.25, 0.3) is 0 Å². The van der Waals surface area contributed by atoms with Gasteiger partial charge in [0.15, 0.2) is 0 Å². The third-order valence-electron chi connectivity index (χ3n) is 4.71. The van der Waals surface area contributed by atoms with E-state index in [0.717, 1.165) is 44.8 Å². The highest BCUT2D eigenvalue weighted by Gasteiger charge is 2.43. The number of piperidine rings is 1. The summed E-state index contributed by atoms with van der Waals surface area (Å²) < 4.78 is 13.9. The van der Waals surface area contributed by atoms with Gasteiger partial charge in [0.1, 0.15) is 5.76 Å². The maximum atomic E-state index is 6.25. The Balaban J connectivity index is 1.43. The van der Waals surface area contributed by atoms with Crippen molar-refractivity contribution >= 4 is 0 Å². The molecule has 2 aromatic rings. The minimum Gasteiger partial charge on any atom is -0.468 e. The molecule has 2 saturated heterocycles. The van der Waals surface area contributed by atoms with Crippen LogP contribution in [0.15, 0.2) is 41.5 Å². The molecule has 4 heterocycles. The zero-order chi connectivity index (χ0) is 14.1. The zero-order valence-corrected chi connectivity index (χ0v) is 12.1. The van der Waals surface area contributed by atoms with E-state index in [0.29, 0.717) is 6.04 Å². The number of hydrogen-bond acceptors (Lipinski definition) is 4. The van der Waals surface area contributed by atoms with Crippen LogP contribution >= 0.6 is 0 Å². The highest BCUT2D eigenvalue weighted by Crippen LogP contribution is 2.39. The van der Waals surface area contributed by atoms with Gasteiger partial charge in [-0.25, -0.2) is 4.98 Å². The summed E-state index contributed by atoms with van der Waals surface area (Å²) in [6.07, 6.45) is 11.0. The molecule has 21 heavy (non-hydrogen) atoms. The van der Waals surface area contributed by atoms with Crippen molar-refractivity contribution in [3.8, 4) is 0 Å². The van der Waals surface area contributed by atoms with Crippen LogP contribution < -0.4 is 0 Å². The molecule has 0 bridgehead atoms. The molecule has 0 aromatic carbocycles. The number of imidazole rings is 1. The van der Waals surface area contributed by atoms with Gasteiger partial charge in [0.2, 0.25) is 0 Å². The Morgan fingerprint density at radius 2 is 2.43 bits per heavy atom. The lowest BCUT2D eigenvalue weighted by atomic mass is 9.88. The number of ether oxygens (including phenoxy) is 1. The second-order valence-corrected chi connectivity index (χ2v) is 6.26. The first kappa shape index (κ1) is 13.1. The SMILES string of the molecule is c1coc(CN2CCC[C@@]3(C[C@@H](n4ccnc4)CO3)C2)c1. The Kier molecular flexibility index (Phi) is 3.31. The summed E-state index contributed by atoms with van der Waals surface area (Å²) in [6.45, 7) is 3.80. The van der Waals surface area contributed by atoms with Crippen molar-refractivity contribution in [3.63, 3.8) is 0 Å². The first-order valence-corrected chi connectivity index (χ1v) is 7.69. The van der Waals surface area contributed by atoms with Crippen LogP contribution in [0, 0.1) is 0 Å². The molecule has 0 aliphatic carbocycles. The van der Waals surface area contributed by atoms with E-state index < -0.39 is 0 Å². The lowest BCUT2D eigenvalue weighted by Crippen LogP contribution is -2.47. The summed E-state index contributed by atoms with van der Waals surface area (Å²) in [4.78, 5) is 6.61. The average molecular weight is 287 g/mol. The van der Waals surface area contributed by atoms with Gasteiger partial charge in [-0.1, -0.05) is 0 Å². The van der Waals surface area contributed by atoms with Gasteiger partial charge in [-0.2, -0.15) is 0 Å². The van der Waals surface area contributed by atoms with Crippen molar-refractivity contribution in [1.29, 1.82) is 0 Å². The second kappa shape index (κ2) is 5.31. The van der Waals surface area contributed by atoms with Crippen molar-refractivity contribution in [2.75, 3.05) is 19.7 Å². The highest BCUT2D eigenvalue weighted by atomic mass is 16.5. The first-order chi connectivity index (χ1) is 10.3. The lowest BCUT2D eigenvalue weighted by molar-refractivity contribution is -0.0546. The Morgan fingerprint density at radius 1 is 1.43 bits per heavy atom. The van der Waals surface area contributed by atoms with Gasteiger partial charge >= 0.3 is 0 Å². The third-order valence-corrected chi connectivity index (χ3v) is 4.71. The summed E-state index contributed by atoms with van der Waals surface area (Å²) in [5.74, 6) is 1.04. The van der Waals surface area contributed by atoms with Gasteiger partial charge < -0.3 is 13.7 Å². The highest BCUT2D eigenvalue weighted by molar-refractivity contribution is 5.02. The molecule has 4 rings (SSSR count). The summed E-state index contributed by atoms with van der Waals surface area (Å²) in [5.41, 5.74) is 0.0137. The summed E-state index contributed by atoms with van der Waals surface area (Å²) in [6, 6.07) is 4.43. The van der Waals surface area contributed by atoms with Crippen LogP contribution in [-0.4, -0.2) is 39.7 Å². The minimum atomic E-state index is 0.0137. The lowest BCUT2D eigenvalue weighted by Gasteiger charge is -2.39. The predicted molar refractivity (Wildman–Crippen MR) is 77.8 cm³/mol. The monoisotopic (exact) mass is 287 g/mol. The number of likely N-dealkylation sites (tertiary alicyclic amines) is 1. The van der Waals surface area contributed by atoms with Crippen LogP contribution in [0.5, 0.6) is 0 Å². The Morgan fingerprint density at radius 3 is 3.24 bits per heavy atom. The number of furan rings is 1. The quantitative estimate of drug-likeness (QED) is 0.870. The number of aromatic nitrogens is 2. The molecule has 2 aromatic heterocycles. The van der Waals surface area contributed by atoms with Crippen LogP contribution in [0.1, 0.15) is 31.1 Å². The maximum Gasteiger partial charge on any atom is 0.117 e. The van der Waals surface area contributed by atoms with Crippen molar-refractivity contribution < 1.29 is 9.15 Å². The predicted octanol–water partition coefficient (Wildman–Crippen LogP) is 2.47. The molecule has 0 radical (unpaired) electrons. The molecule has 2 atom stereocenters. The fourth-order valence-corrected chi connectivity index (χ4v) is 3.73. The van der Waals surface area contributed by atoms with E-state index >= 15 is 0 Å². The number of nitrogens with zero attached hydrogens (tertiary/aromatic N) is 3. The Hall–Kier alpha value is -1.59. The number of hydrogen-bond donors (Lipinski definition) is 0. The molecular formula is C16H21N3O2. The first-order valence-electron chi connectivity index (χ1n) is 7.69. The molecule has 0 saturated carbocycles. The van der Waals surface area contributed by atoms with Crippen molar-refractivity contribution in [1.82, 2.24) is 14.5 Å². The van der Waals surface area contributed by atoms with Crippen molar-refractivity contribution in [3.05, 3.63) is 42.9 Å². The van der Waals surface area contributed by atoms with Gasteiger partial charge in [0.25, 0.3) is 0 Å². The third kappa shape index (κ3) is 2.63. The van der Waals surface area contributed by atoms with E-state index in [-0.39, 0.29) is 5.60 Å². The molecule has 0 amide bonds. The van der Waals surface area contributed by atoms with Gasteiger partial charge in [-0.15, -0.1) is 0 Å². The van der Waals surface area contributed by atoms with Gasteiger partial charge in [-0.05, 0) is 31.5 Å². The van der Waals surface area contributed by atoms with Gasteiger partial charge in [0, 0.05) is 25.4 Å². The average Bonchev–Trinajstić information content (AvgIpc) is 3.20. The van der Waals surface area contributed by atoms with E-state index in [9.17, 15) is 0 Å². The molecule has 5 nitrogen and oxygen atoms in total. The van der Waals surface area contributed by atoms with E-state index in [2.05, 4.69) is 14.5 Å². The molecule has 2 aliphatic rings.